The van der Waals surface area contributed by atoms with Crippen LogP contribution in [0.15, 0.2) is 17.6 Å². The van der Waals surface area contributed by atoms with E-state index in [1.807, 2.05) is 5.51 Å². The molecule has 1 nitrogen and oxygen atoms in total. The molecule has 1 aromatic carbocycles. The van der Waals surface area contributed by atoms with E-state index in [1.165, 1.54) is 27.1 Å². The molecule has 0 aliphatic carbocycles. The highest BCUT2D eigenvalue weighted by atomic mass is 32.1. The molecule has 0 N–H and O–H groups in total. The molecule has 0 saturated carbocycles. The van der Waals surface area contributed by atoms with Crippen molar-refractivity contribution in [2.75, 3.05) is 0 Å². The second-order valence-corrected chi connectivity index (χ2v) is 5.09. The van der Waals surface area contributed by atoms with Gasteiger partial charge in [0.25, 0.3) is 0 Å². The summed E-state index contributed by atoms with van der Waals surface area (Å²) in [5, 5.41) is 0. The van der Waals surface area contributed by atoms with Gasteiger partial charge in [0, 0.05) is 10.4 Å². The summed E-state index contributed by atoms with van der Waals surface area (Å²) >= 11 is 1.71. The van der Waals surface area contributed by atoms with Gasteiger partial charge in [0.05, 0.1) is 11.2 Å². The number of benzene rings is 1. The molecule has 78 valence electrons. The highest BCUT2D eigenvalue weighted by Gasteiger charge is 2.10. The van der Waals surface area contributed by atoms with Crippen LogP contribution in [-0.4, -0.2) is 4.98 Å². The smallest absolute Gasteiger partial charge is 0.0845 e. The maximum Gasteiger partial charge on any atom is 0.0845 e. The van der Waals surface area contributed by atoms with Gasteiger partial charge in [-0.05, 0) is 38.8 Å². The van der Waals surface area contributed by atoms with Crippen LogP contribution in [0.4, 0.5) is 0 Å². The van der Waals surface area contributed by atoms with Gasteiger partial charge in [-0.1, -0.05) is 17.7 Å². The number of thiazole rings is 1. The van der Waals surface area contributed by atoms with Gasteiger partial charge in [-0.25, -0.2) is 4.98 Å². The highest BCUT2D eigenvalue weighted by Crippen LogP contribution is 2.31. The Kier molecular flexibility index (Phi) is 2.61. The van der Waals surface area contributed by atoms with Crippen LogP contribution in [-0.2, 0) is 0 Å². The third-order valence-corrected chi connectivity index (χ3v) is 3.42. The van der Waals surface area contributed by atoms with Crippen molar-refractivity contribution in [3.8, 4) is 11.3 Å². The molecule has 0 fully saturated rings. The summed E-state index contributed by atoms with van der Waals surface area (Å²) < 4.78 is 0. The highest BCUT2D eigenvalue weighted by molar-refractivity contribution is 7.10. The van der Waals surface area contributed by atoms with Crippen LogP contribution in [0.2, 0.25) is 0 Å². The van der Waals surface area contributed by atoms with Gasteiger partial charge in [0.15, 0.2) is 0 Å². The molecule has 0 radical (unpaired) electrons. The van der Waals surface area contributed by atoms with Gasteiger partial charge in [0.1, 0.15) is 0 Å². The normalized spacial score (nSPS) is 10.7. The van der Waals surface area contributed by atoms with Gasteiger partial charge in [-0.2, -0.15) is 0 Å². The van der Waals surface area contributed by atoms with E-state index in [2.05, 4.69) is 44.8 Å². The quantitative estimate of drug-likeness (QED) is 0.702. The summed E-state index contributed by atoms with van der Waals surface area (Å²) in [6.45, 7) is 8.59. The Morgan fingerprint density at radius 3 is 2.07 bits per heavy atom. The van der Waals surface area contributed by atoms with Crippen LogP contribution in [0.3, 0.4) is 0 Å². The number of hydrogen-bond acceptors (Lipinski definition) is 2. The first-order chi connectivity index (χ1) is 7.09. The number of nitrogens with zero attached hydrogens (tertiary/aromatic N) is 1. The molecule has 1 heterocycles. The van der Waals surface area contributed by atoms with Crippen molar-refractivity contribution >= 4 is 11.3 Å². The van der Waals surface area contributed by atoms with E-state index in [1.54, 1.807) is 11.3 Å². The maximum atomic E-state index is 4.46. The molecule has 0 atom stereocenters. The van der Waals surface area contributed by atoms with E-state index >= 15 is 0 Å². The standard InChI is InChI=1S/C13H15NS/c1-8-5-9(2)12(10(3)6-8)13-11(4)15-7-14-13/h5-7H,1-4H3. The predicted molar refractivity (Wildman–Crippen MR) is 66.5 cm³/mol. The number of aromatic nitrogens is 1. The lowest BCUT2D eigenvalue weighted by Gasteiger charge is -2.09. The lowest BCUT2D eigenvalue weighted by Crippen LogP contribution is -1.91. The zero-order valence-electron chi connectivity index (χ0n) is 9.59. The van der Waals surface area contributed by atoms with E-state index < -0.39 is 0 Å². The SMILES string of the molecule is Cc1cc(C)c(-c2ncsc2C)c(C)c1. The Balaban J connectivity index is 2.68. The second-order valence-electron chi connectivity index (χ2n) is 4.03. The van der Waals surface area contributed by atoms with Gasteiger partial charge in [0.2, 0.25) is 0 Å². The average molecular weight is 217 g/mol. The first-order valence-electron chi connectivity index (χ1n) is 5.08. The van der Waals surface area contributed by atoms with E-state index in [-0.39, 0.29) is 0 Å². The fraction of sp³-hybridized carbons (Fsp3) is 0.308. The Morgan fingerprint density at radius 1 is 1.00 bits per heavy atom. The zero-order valence-corrected chi connectivity index (χ0v) is 10.4. The molecule has 0 saturated heterocycles. The Morgan fingerprint density at radius 2 is 1.60 bits per heavy atom. The molecule has 0 bridgehead atoms. The largest absolute Gasteiger partial charge is 0.244 e. The molecule has 0 aliphatic heterocycles. The number of hydrogen-bond donors (Lipinski definition) is 0. The van der Waals surface area contributed by atoms with Crippen LogP contribution in [0.5, 0.6) is 0 Å². The molecule has 0 unspecified atom stereocenters. The fourth-order valence-electron chi connectivity index (χ4n) is 2.10. The molecular formula is C13H15NS. The molecule has 0 spiro atoms. The first kappa shape index (κ1) is 10.4. The summed E-state index contributed by atoms with van der Waals surface area (Å²) in [5.41, 5.74) is 8.34. The van der Waals surface area contributed by atoms with Crippen LogP contribution < -0.4 is 0 Å². The number of rotatable bonds is 1. The molecular weight excluding hydrogens is 202 g/mol. The molecule has 1 aromatic heterocycles. The summed E-state index contributed by atoms with van der Waals surface area (Å²) in [5.74, 6) is 0. The Bertz CT molecular complexity index is 474. The molecule has 2 aromatic rings. The Labute approximate surface area is 94.8 Å². The summed E-state index contributed by atoms with van der Waals surface area (Å²) in [6, 6.07) is 4.45. The zero-order chi connectivity index (χ0) is 11.0. The van der Waals surface area contributed by atoms with Crippen LogP contribution >= 0.6 is 11.3 Å². The second kappa shape index (κ2) is 3.78. The topological polar surface area (TPSA) is 12.9 Å². The van der Waals surface area contributed by atoms with E-state index in [9.17, 15) is 0 Å². The van der Waals surface area contributed by atoms with Gasteiger partial charge >= 0.3 is 0 Å². The van der Waals surface area contributed by atoms with Crippen LogP contribution in [0, 0.1) is 27.7 Å². The van der Waals surface area contributed by atoms with Crippen molar-refractivity contribution in [2.45, 2.75) is 27.7 Å². The van der Waals surface area contributed by atoms with Crippen LogP contribution in [0.1, 0.15) is 21.6 Å². The maximum absolute atomic E-state index is 4.46. The average Bonchev–Trinajstić information content (AvgIpc) is 2.50. The van der Waals surface area contributed by atoms with E-state index in [4.69, 9.17) is 0 Å². The minimum atomic E-state index is 1.15. The van der Waals surface area contributed by atoms with Crippen molar-refractivity contribution in [1.29, 1.82) is 0 Å². The van der Waals surface area contributed by atoms with Gasteiger partial charge in [-0.3, -0.25) is 0 Å². The monoisotopic (exact) mass is 217 g/mol. The Hall–Kier alpha value is -1.15. The van der Waals surface area contributed by atoms with Gasteiger partial charge in [-0.15, -0.1) is 11.3 Å². The summed E-state index contributed by atoms with van der Waals surface area (Å²) in [7, 11) is 0. The molecule has 15 heavy (non-hydrogen) atoms. The first-order valence-corrected chi connectivity index (χ1v) is 5.96. The van der Waals surface area contributed by atoms with Crippen LogP contribution in [0.25, 0.3) is 11.3 Å². The van der Waals surface area contributed by atoms with Crippen molar-refractivity contribution in [3.63, 3.8) is 0 Å². The van der Waals surface area contributed by atoms with Crippen molar-refractivity contribution in [3.05, 3.63) is 39.2 Å². The van der Waals surface area contributed by atoms with Crippen molar-refractivity contribution < 1.29 is 0 Å². The molecule has 0 amide bonds. The lowest BCUT2D eigenvalue weighted by atomic mass is 9.97. The third kappa shape index (κ3) is 1.82. The van der Waals surface area contributed by atoms with Crippen molar-refractivity contribution in [1.82, 2.24) is 4.98 Å². The van der Waals surface area contributed by atoms with Crippen molar-refractivity contribution in [2.24, 2.45) is 0 Å². The molecule has 0 aliphatic rings. The van der Waals surface area contributed by atoms with Gasteiger partial charge < -0.3 is 0 Å². The summed E-state index contributed by atoms with van der Waals surface area (Å²) in [4.78, 5) is 5.75. The molecule has 2 heteroatoms. The lowest BCUT2D eigenvalue weighted by molar-refractivity contribution is 1.28. The fourth-order valence-corrected chi connectivity index (χ4v) is 2.68. The predicted octanol–water partition coefficient (Wildman–Crippen LogP) is 4.04. The minimum Gasteiger partial charge on any atom is -0.244 e. The van der Waals surface area contributed by atoms with E-state index in [0.29, 0.717) is 0 Å². The molecule has 2 rings (SSSR count). The summed E-state index contributed by atoms with van der Waals surface area (Å²) in [6.07, 6.45) is 0. The minimum absolute atomic E-state index is 1.15. The number of aryl methyl sites for hydroxylation is 4. The van der Waals surface area contributed by atoms with E-state index in [0.717, 1.165) is 5.69 Å². The third-order valence-electron chi connectivity index (χ3n) is 2.66.